The third kappa shape index (κ3) is 26.8. The molecule has 0 aromatic rings. The molecule has 0 fully saturated rings. The molecule has 2 amide bonds. The second kappa shape index (κ2) is 33.3. The number of rotatable bonds is 5. The van der Waals surface area contributed by atoms with E-state index < -0.39 is 17.0 Å². The number of amides is 2. The molecule has 4 nitrogen and oxygen atoms in total. The van der Waals surface area contributed by atoms with Gasteiger partial charge in [-0.1, -0.05) is 47.6 Å². The van der Waals surface area contributed by atoms with Crippen molar-refractivity contribution in [1.29, 1.82) is 0 Å². The van der Waals surface area contributed by atoms with Crippen LogP contribution in [0.2, 0.25) is 0 Å². The Morgan fingerprint density at radius 1 is 1.26 bits per heavy atom. The minimum atomic E-state index is -1.39. The van der Waals surface area contributed by atoms with Crippen molar-refractivity contribution in [2.45, 2.75) is 41.0 Å². The van der Waals surface area contributed by atoms with Gasteiger partial charge in [-0.15, -0.1) is 5.70 Å². The summed E-state index contributed by atoms with van der Waals surface area (Å²) in [4.78, 5) is 12.4. The van der Waals surface area contributed by atoms with Crippen molar-refractivity contribution in [2.24, 2.45) is 0 Å². The van der Waals surface area contributed by atoms with E-state index in [1.807, 2.05) is 13.8 Å². The summed E-state index contributed by atoms with van der Waals surface area (Å²) in [5.41, 5.74) is 0.130. The number of hydrogen-bond donors (Lipinski definition) is 1. The molecule has 0 saturated heterocycles. The molecule has 0 aliphatic carbocycles. The van der Waals surface area contributed by atoms with Crippen LogP contribution in [-0.4, -0.2) is 28.1 Å². The van der Waals surface area contributed by atoms with E-state index in [1.54, 1.807) is 6.92 Å². The maximum Gasteiger partial charge on any atom is 2.00 e. The van der Waals surface area contributed by atoms with E-state index in [4.69, 9.17) is 6.58 Å². The SMILES string of the molecule is CC.CCC.CF.[CH-]=C(C=C)N(C=C)C(=O)NS(=O)CC.[CH3-].[U+2]. The van der Waals surface area contributed by atoms with Crippen LogP contribution < -0.4 is 4.72 Å². The molecule has 0 aromatic heterocycles. The molecule has 0 saturated carbocycles. The third-order valence-electron chi connectivity index (χ3n) is 1.35. The van der Waals surface area contributed by atoms with Gasteiger partial charge in [0.25, 0.3) is 0 Å². The molecule has 0 aliphatic heterocycles. The van der Waals surface area contributed by atoms with Crippen LogP contribution in [0.3, 0.4) is 0 Å². The van der Waals surface area contributed by atoms with Crippen LogP contribution in [0.4, 0.5) is 9.18 Å². The predicted molar refractivity (Wildman–Crippen MR) is 98.0 cm³/mol. The van der Waals surface area contributed by atoms with Crippen LogP contribution in [-0.2, 0) is 11.0 Å². The summed E-state index contributed by atoms with van der Waals surface area (Å²) in [5, 5.41) is 0. The van der Waals surface area contributed by atoms with Gasteiger partial charge in [0, 0.05) is 12.0 Å². The standard InChI is InChI=1S/C9H13N2O2S.C3H8.C2H6.CH3F.CH3.U/c1-5-8(4)11(6-2)9(12)10-14(13)7-3;1-3-2;2*1-2;;/h4-6H,1-2,7H2,3H3,(H,10,12);3H2,1-2H3;1-2H3;1H3;1H3;/q-1;;;;-1;+2. The first-order chi connectivity index (χ1) is 9.98. The van der Waals surface area contributed by atoms with Gasteiger partial charge in [-0.2, -0.15) is 12.7 Å². The first-order valence-electron chi connectivity index (χ1n) is 6.71. The normalized spacial score (nSPS) is 8.13. The molecule has 0 radical (unpaired) electrons. The molecule has 0 aliphatic rings. The number of nitrogens with one attached hydrogen (secondary N) is 1. The molecule has 0 heterocycles. The Morgan fingerprint density at radius 2 is 1.61 bits per heavy atom. The van der Waals surface area contributed by atoms with Crippen LogP contribution in [0, 0.1) is 45.1 Å². The minimum Gasteiger partial charge on any atom is -0.358 e. The molecule has 0 rings (SSSR count). The molecule has 0 bridgehead atoms. The molecule has 23 heavy (non-hydrogen) atoms. The molecule has 0 aromatic carbocycles. The number of alkyl halides is 1. The molecule has 1 unspecified atom stereocenters. The van der Waals surface area contributed by atoms with E-state index in [0.717, 1.165) is 4.90 Å². The van der Waals surface area contributed by atoms with Crippen LogP contribution in [0.5, 0.6) is 0 Å². The summed E-state index contributed by atoms with van der Waals surface area (Å²) in [6.07, 6.45) is 3.77. The number of halogens is 1. The van der Waals surface area contributed by atoms with E-state index in [-0.39, 0.29) is 44.2 Å². The first kappa shape index (κ1) is 38.3. The molecule has 1 atom stereocenters. The van der Waals surface area contributed by atoms with Crippen LogP contribution in [0.1, 0.15) is 41.0 Å². The molecular weight excluding hydrogens is 541 g/mol. The summed E-state index contributed by atoms with van der Waals surface area (Å²) >= 11 is 0. The van der Waals surface area contributed by atoms with E-state index in [2.05, 4.69) is 31.7 Å². The van der Waals surface area contributed by atoms with E-state index >= 15 is 0 Å². The van der Waals surface area contributed by atoms with Gasteiger partial charge in [-0.25, -0.2) is 9.00 Å². The number of carbonyl (C=O) groups excluding carboxylic acids is 1. The fraction of sp³-hybridized carbons (Fsp3) is 0.500. The van der Waals surface area contributed by atoms with E-state index in [1.165, 1.54) is 18.7 Å². The largest absolute Gasteiger partial charge is 2.00 e. The van der Waals surface area contributed by atoms with Crippen molar-refractivity contribution in [3.05, 3.63) is 45.1 Å². The number of allylic oxidation sites excluding steroid dienone is 1. The van der Waals surface area contributed by atoms with E-state index in [9.17, 15) is 13.4 Å². The summed E-state index contributed by atoms with van der Waals surface area (Å²) in [6.45, 7) is 22.2. The molecule has 136 valence electrons. The zero-order chi connectivity index (χ0) is 17.8. The van der Waals surface area contributed by atoms with Gasteiger partial charge in [0.15, 0.2) is 0 Å². The minimum absolute atomic E-state index is 0. The zero-order valence-electron chi connectivity index (χ0n) is 15.6. The van der Waals surface area contributed by atoms with Crippen molar-refractivity contribution < 1.29 is 44.5 Å². The molecule has 0 spiro atoms. The smallest absolute Gasteiger partial charge is 0.358 e. The Balaban J connectivity index is -0.0000000697. The monoisotopic (exact) mass is 574 g/mol. The van der Waals surface area contributed by atoms with Crippen molar-refractivity contribution in [3.63, 3.8) is 0 Å². The van der Waals surface area contributed by atoms with Crippen LogP contribution in [0.15, 0.2) is 31.1 Å². The fourth-order valence-electron chi connectivity index (χ4n) is 0.623. The van der Waals surface area contributed by atoms with Crippen LogP contribution >= 0.6 is 0 Å². The van der Waals surface area contributed by atoms with Gasteiger partial charge in [0.2, 0.25) is 0 Å². The molecular formula is C16H33FN2O2SU. The van der Waals surface area contributed by atoms with Gasteiger partial charge < -0.3 is 12.3 Å². The second-order valence-electron chi connectivity index (χ2n) is 2.93. The van der Waals surface area contributed by atoms with Crippen molar-refractivity contribution in [3.8, 4) is 0 Å². The predicted octanol–water partition coefficient (Wildman–Crippen LogP) is 4.81. The summed E-state index contributed by atoms with van der Waals surface area (Å²) < 4.78 is 22.7. The van der Waals surface area contributed by atoms with Gasteiger partial charge in [0.1, 0.15) is 11.0 Å². The maximum atomic E-state index is 11.3. The van der Waals surface area contributed by atoms with Crippen molar-refractivity contribution in [1.82, 2.24) is 9.62 Å². The Kier molecular flexibility index (Phi) is 55.4. The Bertz CT molecular complexity index is 314. The molecule has 7 heteroatoms. The fourth-order valence-corrected chi connectivity index (χ4v) is 1.06. The quantitative estimate of drug-likeness (QED) is 0.379. The summed E-state index contributed by atoms with van der Waals surface area (Å²) in [7, 11) is -0.890. The second-order valence-corrected chi connectivity index (χ2v) is 4.40. The van der Waals surface area contributed by atoms with Crippen molar-refractivity contribution >= 4 is 17.0 Å². The average Bonchev–Trinajstić information content (AvgIpc) is 2.52. The topological polar surface area (TPSA) is 49.4 Å². The molecule has 1 N–H and O–H groups in total. The van der Waals surface area contributed by atoms with Gasteiger partial charge >= 0.3 is 37.1 Å². The Morgan fingerprint density at radius 3 is 1.83 bits per heavy atom. The number of nitrogens with zero attached hydrogens (tertiary/aromatic N) is 1. The van der Waals surface area contributed by atoms with Gasteiger partial charge in [-0.3, -0.25) is 15.7 Å². The summed E-state index contributed by atoms with van der Waals surface area (Å²) in [5.74, 6) is 0.338. The number of carbonyl (C=O) groups is 1. The van der Waals surface area contributed by atoms with Crippen molar-refractivity contribution in [2.75, 3.05) is 12.9 Å². The summed E-state index contributed by atoms with van der Waals surface area (Å²) in [6, 6.07) is -0.586. The van der Waals surface area contributed by atoms with Crippen LogP contribution in [0.25, 0.3) is 0 Å². The van der Waals surface area contributed by atoms with E-state index in [0.29, 0.717) is 12.9 Å². The Labute approximate surface area is 169 Å². The number of urea groups is 1. The third-order valence-corrected chi connectivity index (χ3v) is 2.28. The maximum absolute atomic E-state index is 11.3. The van der Waals surface area contributed by atoms with Gasteiger partial charge in [-0.05, 0) is 0 Å². The number of hydrogen-bond acceptors (Lipinski definition) is 2. The van der Waals surface area contributed by atoms with Gasteiger partial charge in [0.05, 0.1) is 7.18 Å². The average molecular weight is 575 g/mol. The first-order valence-corrected chi connectivity index (χ1v) is 8.03. The zero-order valence-corrected chi connectivity index (χ0v) is 20.6. The Hall–Kier alpha value is -0.378.